The molecule has 0 radical (unpaired) electrons. The van der Waals surface area contributed by atoms with Crippen molar-refractivity contribution in [3.8, 4) is 11.6 Å². The molecule has 0 bridgehead atoms. The highest BCUT2D eigenvalue weighted by Gasteiger charge is 2.06. The molecule has 0 fully saturated rings. The van der Waals surface area contributed by atoms with Crippen LogP contribution >= 0.6 is 11.8 Å². The summed E-state index contributed by atoms with van der Waals surface area (Å²) in [5, 5.41) is 9.53. The van der Waals surface area contributed by atoms with Crippen LogP contribution in [0.2, 0.25) is 0 Å². The van der Waals surface area contributed by atoms with Crippen LogP contribution in [0.5, 0.6) is 11.6 Å². The molecule has 4 heteroatoms. The van der Waals surface area contributed by atoms with E-state index in [1.165, 1.54) is 0 Å². The number of thioether (sulfide) groups is 1. The minimum atomic E-state index is -0.522. The smallest absolute Gasteiger partial charge is 0.219 e. The largest absolute Gasteiger partial charge is 0.438 e. The van der Waals surface area contributed by atoms with Crippen molar-refractivity contribution in [2.75, 3.05) is 6.26 Å². The molecule has 2 rings (SSSR count). The number of hydrogen-bond acceptors (Lipinski definition) is 4. The number of nitrogens with zero attached hydrogens (tertiary/aromatic N) is 1. The molecule has 1 N–H and O–H groups in total. The Labute approximate surface area is 111 Å². The summed E-state index contributed by atoms with van der Waals surface area (Å²) in [5.41, 5.74) is 0.793. The molecule has 94 valence electrons. The van der Waals surface area contributed by atoms with Gasteiger partial charge in [0.2, 0.25) is 5.88 Å². The molecule has 0 aliphatic rings. The standard InChI is InChI=1S/C14H15NO2S/c1-10(16)11-7-8-15-14(9-11)17-12-5-3-4-6-13(12)18-2/h3-10,16H,1-2H3. The second-order valence-electron chi connectivity index (χ2n) is 3.86. The van der Waals surface area contributed by atoms with E-state index in [1.807, 2.05) is 30.5 Å². The summed E-state index contributed by atoms with van der Waals surface area (Å²) in [5.74, 6) is 1.27. The van der Waals surface area contributed by atoms with E-state index in [2.05, 4.69) is 4.98 Å². The van der Waals surface area contributed by atoms with Crippen LogP contribution in [0.4, 0.5) is 0 Å². The highest BCUT2D eigenvalue weighted by molar-refractivity contribution is 7.98. The third kappa shape index (κ3) is 3.03. The van der Waals surface area contributed by atoms with Crippen molar-refractivity contribution in [1.82, 2.24) is 4.98 Å². The van der Waals surface area contributed by atoms with E-state index >= 15 is 0 Å². The predicted octanol–water partition coefficient (Wildman–Crippen LogP) is 3.65. The summed E-state index contributed by atoms with van der Waals surface area (Å²) >= 11 is 1.62. The number of rotatable bonds is 4. The van der Waals surface area contributed by atoms with Gasteiger partial charge in [-0.25, -0.2) is 4.98 Å². The van der Waals surface area contributed by atoms with Gasteiger partial charge in [0, 0.05) is 17.2 Å². The van der Waals surface area contributed by atoms with Crippen LogP contribution < -0.4 is 4.74 Å². The van der Waals surface area contributed by atoms with Gasteiger partial charge in [0.05, 0.1) is 6.10 Å². The van der Waals surface area contributed by atoms with Crippen LogP contribution in [0.3, 0.4) is 0 Å². The highest BCUT2D eigenvalue weighted by Crippen LogP contribution is 2.30. The first-order valence-electron chi connectivity index (χ1n) is 5.65. The number of pyridine rings is 1. The molecule has 3 nitrogen and oxygen atoms in total. The first-order chi connectivity index (χ1) is 8.70. The lowest BCUT2D eigenvalue weighted by molar-refractivity contribution is 0.198. The van der Waals surface area contributed by atoms with E-state index in [9.17, 15) is 5.11 Å². The summed E-state index contributed by atoms with van der Waals surface area (Å²) < 4.78 is 5.75. The molecular weight excluding hydrogens is 246 g/mol. The number of hydrogen-bond donors (Lipinski definition) is 1. The summed E-state index contributed by atoms with van der Waals surface area (Å²) in [6.45, 7) is 1.72. The Morgan fingerprint density at radius 3 is 2.78 bits per heavy atom. The second-order valence-corrected chi connectivity index (χ2v) is 4.70. The third-order valence-electron chi connectivity index (χ3n) is 2.52. The highest BCUT2D eigenvalue weighted by atomic mass is 32.2. The van der Waals surface area contributed by atoms with Crippen molar-refractivity contribution >= 4 is 11.8 Å². The van der Waals surface area contributed by atoms with Crippen LogP contribution in [0.15, 0.2) is 47.5 Å². The van der Waals surface area contributed by atoms with Gasteiger partial charge in [-0.1, -0.05) is 12.1 Å². The lowest BCUT2D eigenvalue weighted by Crippen LogP contribution is -1.94. The molecule has 0 spiro atoms. The Bertz CT molecular complexity index is 529. The monoisotopic (exact) mass is 261 g/mol. The van der Waals surface area contributed by atoms with Crippen molar-refractivity contribution in [2.45, 2.75) is 17.9 Å². The molecule has 0 aliphatic carbocycles. The number of aliphatic hydroxyl groups is 1. The van der Waals surface area contributed by atoms with E-state index in [0.717, 1.165) is 16.2 Å². The second kappa shape index (κ2) is 5.89. The topological polar surface area (TPSA) is 42.4 Å². The Morgan fingerprint density at radius 1 is 1.28 bits per heavy atom. The van der Waals surface area contributed by atoms with Gasteiger partial charge >= 0.3 is 0 Å². The summed E-state index contributed by atoms with van der Waals surface area (Å²) in [6.07, 6.45) is 3.12. The van der Waals surface area contributed by atoms with Gasteiger partial charge in [-0.2, -0.15) is 0 Å². The zero-order chi connectivity index (χ0) is 13.0. The summed E-state index contributed by atoms with van der Waals surface area (Å²) in [4.78, 5) is 5.21. The third-order valence-corrected chi connectivity index (χ3v) is 3.30. The lowest BCUT2D eigenvalue weighted by atomic mass is 10.2. The fraction of sp³-hybridized carbons (Fsp3) is 0.214. The van der Waals surface area contributed by atoms with Gasteiger partial charge in [-0.3, -0.25) is 0 Å². The van der Waals surface area contributed by atoms with Crippen molar-refractivity contribution in [3.63, 3.8) is 0 Å². The Balaban J connectivity index is 2.25. The van der Waals surface area contributed by atoms with Crippen LogP contribution in [-0.2, 0) is 0 Å². The van der Waals surface area contributed by atoms with E-state index < -0.39 is 6.10 Å². The van der Waals surface area contributed by atoms with Crippen LogP contribution in [0, 0.1) is 0 Å². The first-order valence-corrected chi connectivity index (χ1v) is 6.88. The molecule has 1 heterocycles. The number of ether oxygens (including phenoxy) is 1. The van der Waals surface area contributed by atoms with Gasteiger partial charge in [-0.15, -0.1) is 11.8 Å². The van der Waals surface area contributed by atoms with E-state index in [4.69, 9.17) is 4.74 Å². The molecule has 1 aromatic carbocycles. The number of benzene rings is 1. The average molecular weight is 261 g/mol. The number of para-hydroxylation sites is 1. The summed E-state index contributed by atoms with van der Waals surface area (Å²) in [7, 11) is 0. The van der Waals surface area contributed by atoms with E-state index in [0.29, 0.717) is 5.88 Å². The molecular formula is C14H15NO2S. The van der Waals surface area contributed by atoms with E-state index in [-0.39, 0.29) is 0 Å². The maximum absolute atomic E-state index is 9.53. The van der Waals surface area contributed by atoms with Gasteiger partial charge in [0.15, 0.2) is 0 Å². The average Bonchev–Trinajstić information content (AvgIpc) is 2.39. The fourth-order valence-corrected chi connectivity index (χ4v) is 2.08. The van der Waals surface area contributed by atoms with Crippen molar-refractivity contribution in [2.24, 2.45) is 0 Å². The fourth-order valence-electron chi connectivity index (χ4n) is 1.56. The van der Waals surface area contributed by atoms with Crippen molar-refractivity contribution in [3.05, 3.63) is 48.2 Å². The van der Waals surface area contributed by atoms with E-state index in [1.54, 1.807) is 37.0 Å². The van der Waals surface area contributed by atoms with Crippen LogP contribution in [0.1, 0.15) is 18.6 Å². The molecule has 2 aromatic rings. The maximum atomic E-state index is 9.53. The normalized spacial score (nSPS) is 12.2. The predicted molar refractivity (Wildman–Crippen MR) is 73.2 cm³/mol. The number of aromatic nitrogens is 1. The molecule has 18 heavy (non-hydrogen) atoms. The SMILES string of the molecule is CSc1ccccc1Oc1cc(C(C)O)ccn1. The van der Waals surface area contributed by atoms with Crippen molar-refractivity contribution in [1.29, 1.82) is 0 Å². The Hall–Kier alpha value is -1.52. The molecule has 0 aliphatic heterocycles. The summed E-state index contributed by atoms with van der Waals surface area (Å²) in [6, 6.07) is 11.3. The minimum Gasteiger partial charge on any atom is -0.438 e. The zero-order valence-corrected chi connectivity index (χ0v) is 11.1. The Kier molecular flexibility index (Phi) is 4.23. The van der Waals surface area contributed by atoms with Crippen molar-refractivity contribution < 1.29 is 9.84 Å². The van der Waals surface area contributed by atoms with Crippen LogP contribution in [0.25, 0.3) is 0 Å². The molecule has 0 saturated carbocycles. The lowest BCUT2D eigenvalue weighted by Gasteiger charge is -2.10. The molecule has 0 amide bonds. The van der Waals surface area contributed by atoms with Crippen LogP contribution in [-0.4, -0.2) is 16.3 Å². The molecule has 0 saturated heterocycles. The molecule has 1 unspecified atom stereocenters. The molecule has 1 atom stereocenters. The Morgan fingerprint density at radius 2 is 2.06 bits per heavy atom. The minimum absolute atomic E-state index is 0.495. The molecule has 1 aromatic heterocycles. The quantitative estimate of drug-likeness (QED) is 0.853. The van der Waals surface area contributed by atoms with Gasteiger partial charge in [0.1, 0.15) is 5.75 Å². The first kappa shape index (κ1) is 12.9. The van der Waals surface area contributed by atoms with Gasteiger partial charge in [0.25, 0.3) is 0 Å². The van der Waals surface area contributed by atoms with Gasteiger partial charge in [-0.05, 0) is 36.9 Å². The number of aliphatic hydroxyl groups excluding tert-OH is 1. The van der Waals surface area contributed by atoms with Gasteiger partial charge < -0.3 is 9.84 Å². The zero-order valence-electron chi connectivity index (χ0n) is 10.3. The maximum Gasteiger partial charge on any atom is 0.219 e.